The summed E-state index contributed by atoms with van der Waals surface area (Å²) in [6.07, 6.45) is -1.17. The van der Waals surface area contributed by atoms with Gasteiger partial charge in [-0.25, -0.2) is 4.79 Å². The van der Waals surface area contributed by atoms with Crippen LogP contribution in [0.1, 0.15) is 24.9 Å². The first-order chi connectivity index (χ1) is 6.93. The summed E-state index contributed by atoms with van der Waals surface area (Å²) >= 11 is 0. The minimum atomic E-state index is -2.83. The molecule has 0 saturated heterocycles. The van der Waals surface area contributed by atoms with Gasteiger partial charge in [0, 0.05) is 11.1 Å². The second-order valence-electron chi connectivity index (χ2n) is 3.46. The monoisotopic (exact) mass is 228 g/mol. The van der Waals surface area contributed by atoms with E-state index >= 15 is 0 Å². The number of aliphatic carboxylic acids is 1. The molecule has 0 bridgehead atoms. The molecule has 1 amide bonds. The zero-order chi connectivity index (χ0) is 13.1. The van der Waals surface area contributed by atoms with E-state index in [9.17, 15) is 9.59 Å². The molecule has 0 aliphatic rings. The van der Waals surface area contributed by atoms with Crippen LogP contribution < -0.4 is 0 Å². The van der Waals surface area contributed by atoms with Crippen LogP contribution in [0.4, 0.5) is 4.79 Å². The van der Waals surface area contributed by atoms with Crippen LogP contribution in [0.25, 0.3) is 0 Å². The second kappa shape index (κ2) is 5.70. The lowest BCUT2D eigenvalue weighted by molar-refractivity contribution is -0.137. The fraction of sp³-hybridized carbons (Fsp3) is 0.750. The largest absolute Gasteiger partial charge is 0.480 e. The second-order valence-corrected chi connectivity index (χ2v) is 3.46. The summed E-state index contributed by atoms with van der Waals surface area (Å²) in [6.45, 7) is 0.919. The Hall–Kier alpha value is -0.970. The standard InChI is InChI=1S/C8H15NO4.ClH/c1-8(2,3)13-7(12)9(4)5-6(10)11;/h5H2,1-4H3,(H,10,11);1H/i4D3;. The van der Waals surface area contributed by atoms with Crippen molar-refractivity contribution in [1.82, 2.24) is 4.90 Å². The third kappa shape index (κ3) is 7.67. The van der Waals surface area contributed by atoms with Crippen LogP contribution in [-0.2, 0) is 9.53 Å². The number of carbonyl (C=O) groups excluding carboxylic acids is 1. The van der Waals surface area contributed by atoms with Gasteiger partial charge in [-0.1, -0.05) is 0 Å². The van der Waals surface area contributed by atoms with Crippen molar-refractivity contribution in [1.29, 1.82) is 0 Å². The highest BCUT2D eigenvalue weighted by Gasteiger charge is 2.20. The lowest BCUT2D eigenvalue weighted by Crippen LogP contribution is -2.37. The summed E-state index contributed by atoms with van der Waals surface area (Å²) in [7, 11) is 0. The third-order valence-electron chi connectivity index (χ3n) is 0.907. The highest BCUT2D eigenvalue weighted by molar-refractivity contribution is 5.85. The quantitative estimate of drug-likeness (QED) is 0.775. The van der Waals surface area contributed by atoms with Gasteiger partial charge >= 0.3 is 12.1 Å². The van der Waals surface area contributed by atoms with Gasteiger partial charge in [-0.2, -0.15) is 0 Å². The van der Waals surface area contributed by atoms with Gasteiger partial charge in [0.25, 0.3) is 0 Å². The van der Waals surface area contributed by atoms with Gasteiger partial charge in [0.15, 0.2) is 0 Å². The summed E-state index contributed by atoms with van der Waals surface area (Å²) in [6, 6.07) is 0. The van der Waals surface area contributed by atoms with Crippen molar-refractivity contribution in [3.63, 3.8) is 0 Å². The molecule has 0 aliphatic heterocycles. The number of carboxylic acids is 1. The number of likely N-dealkylation sites (N-methyl/N-ethyl adjacent to an activating group) is 1. The van der Waals surface area contributed by atoms with Crippen molar-refractivity contribution >= 4 is 24.5 Å². The van der Waals surface area contributed by atoms with Gasteiger partial charge in [-0.3, -0.25) is 4.79 Å². The first kappa shape index (κ1) is 9.58. The Morgan fingerprint density at radius 2 is 2.00 bits per heavy atom. The van der Waals surface area contributed by atoms with E-state index in [2.05, 4.69) is 0 Å². The zero-order valence-corrected chi connectivity index (χ0v) is 9.05. The van der Waals surface area contributed by atoms with Crippen LogP contribution in [0.5, 0.6) is 0 Å². The minimum Gasteiger partial charge on any atom is -0.480 e. The van der Waals surface area contributed by atoms with Crippen LogP contribution in [0.2, 0.25) is 0 Å². The number of ether oxygens (including phenoxy) is 1. The predicted molar refractivity (Wildman–Crippen MR) is 53.7 cm³/mol. The maximum absolute atomic E-state index is 11.4. The minimum absolute atomic E-state index is 0. The smallest absolute Gasteiger partial charge is 0.410 e. The third-order valence-corrected chi connectivity index (χ3v) is 0.907. The Labute approximate surface area is 93.7 Å². The average molecular weight is 229 g/mol. The van der Waals surface area contributed by atoms with Crippen molar-refractivity contribution in [3.8, 4) is 0 Å². The Bertz CT molecular complexity index is 287. The van der Waals surface area contributed by atoms with Crippen molar-refractivity contribution < 1.29 is 23.5 Å². The van der Waals surface area contributed by atoms with Crippen LogP contribution in [-0.4, -0.2) is 41.2 Å². The molecule has 0 aromatic rings. The number of carbonyl (C=O) groups is 2. The van der Waals surface area contributed by atoms with E-state index in [0.29, 0.717) is 0 Å². The Morgan fingerprint density at radius 3 is 2.29 bits per heavy atom. The van der Waals surface area contributed by atoms with Gasteiger partial charge < -0.3 is 14.7 Å². The van der Waals surface area contributed by atoms with Gasteiger partial charge in [0.05, 0.1) is 0 Å². The van der Waals surface area contributed by atoms with Crippen LogP contribution in [0, 0.1) is 0 Å². The van der Waals surface area contributed by atoms with Crippen LogP contribution in [0.15, 0.2) is 0 Å². The molecule has 0 unspecified atom stereocenters. The summed E-state index contributed by atoms with van der Waals surface area (Å²) in [5, 5.41) is 8.49. The summed E-state index contributed by atoms with van der Waals surface area (Å²) in [5.41, 5.74) is -0.876. The molecule has 0 rings (SSSR count). The van der Waals surface area contributed by atoms with Crippen LogP contribution >= 0.6 is 12.4 Å². The number of amides is 1. The number of halogens is 1. The van der Waals surface area contributed by atoms with Gasteiger partial charge in [0.1, 0.15) is 12.1 Å². The van der Waals surface area contributed by atoms with E-state index in [1.165, 1.54) is 0 Å². The molecule has 0 aromatic carbocycles. The van der Waals surface area contributed by atoms with E-state index in [4.69, 9.17) is 14.0 Å². The first-order valence-corrected chi connectivity index (χ1v) is 3.66. The first-order valence-electron chi connectivity index (χ1n) is 5.16. The van der Waals surface area contributed by atoms with Crippen molar-refractivity contribution in [3.05, 3.63) is 0 Å². The molecule has 84 valence electrons. The molecule has 0 fully saturated rings. The average Bonchev–Trinajstić information content (AvgIpc) is 1.93. The summed E-state index contributed by atoms with van der Waals surface area (Å²) < 4.78 is 25.8. The Balaban J connectivity index is 0. The number of hydrogen-bond donors (Lipinski definition) is 1. The molecule has 14 heavy (non-hydrogen) atoms. The van der Waals surface area contributed by atoms with E-state index in [1.54, 1.807) is 20.8 Å². The van der Waals surface area contributed by atoms with E-state index in [0.717, 1.165) is 0 Å². The number of carboxylic acid groups (broad SMARTS) is 1. The predicted octanol–water partition coefficient (Wildman–Crippen LogP) is 1.36. The topological polar surface area (TPSA) is 66.8 Å². The van der Waals surface area contributed by atoms with Crippen molar-refractivity contribution in [2.24, 2.45) is 0 Å². The molecular formula is C8H16ClNO4. The van der Waals surface area contributed by atoms with Crippen molar-refractivity contribution in [2.75, 3.05) is 13.5 Å². The van der Waals surface area contributed by atoms with Gasteiger partial charge in [0.2, 0.25) is 0 Å². The molecule has 0 spiro atoms. The van der Waals surface area contributed by atoms with E-state index in [1.807, 2.05) is 0 Å². The highest BCUT2D eigenvalue weighted by Crippen LogP contribution is 2.08. The normalized spacial score (nSPS) is 14.1. The summed E-state index contributed by atoms with van der Waals surface area (Å²) in [5.74, 6) is -1.41. The molecule has 5 nitrogen and oxygen atoms in total. The van der Waals surface area contributed by atoms with Gasteiger partial charge in [-0.05, 0) is 20.8 Å². The molecule has 0 saturated carbocycles. The zero-order valence-electron chi connectivity index (χ0n) is 11.2. The Morgan fingerprint density at radius 1 is 1.50 bits per heavy atom. The van der Waals surface area contributed by atoms with Crippen molar-refractivity contribution in [2.45, 2.75) is 26.4 Å². The molecule has 0 aromatic heterocycles. The lowest BCUT2D eigenvalue weighted by Gasteiger charge is -2.23. The van der Waals surface area contributed by atoms with E-state index < -0.39 is 31.2 Å². The fourth-order valence-corrected chi connectivity index (χ4v) is 0.517. The molecule has 1 N–H and O–H groups in total. The maximum atomic E-state index is 11.4. The summed E-state index contributed by atoms with van der Waals surface area (Å²) in [4.78, 5) is 22.0. The number of rotatable bonds is 2. The van der Waals surface area contributed by atoms with Gasteiger partial charge in [-0.15, -0.1) is 12.4 Å². The Kier molecular flexibility index (Phi) is 3.90. The number of hydrogen-bond acceptors (Lipinski definition) is 3. The molecule has 0 heterocycles. The molecule has 0 atom stereocenters. The number of nitrogens with zero attached hydrogens (tertiary/aromatic N) is 1. The maximum Gasteiger partial charge on any atom is 0.410 e. The van der Waals surface area contributed by atoms with E-state index in [-0.39, 0.29) is 17.3 Å². The molecular weight excluding hydrogens is 210 g/mol. The van der Waals surface area contributed by atoms with Crippen LogP contribution in [0.3, 0.4) is 0 Å². The molecule has 6 heteroatoms. The molecule has 0 aliphatic carbocycles. The lowest BCUT2D eigenvalue weighted by atomic mass is 10.2. The SMILES string of the molecule is Cl.[2H]C([2H])([2H])N(CC(=O)O)C(=O)OC(C)(C)C. The fourth-order valence-electron chi connectivity index (χ4n) is 0.517. The highest BCUT2D eigenvalue weighted by atomic mass is 35.5. The molecule has 0 radical (unpaired) electrons.